The SMILES string of the molecule is CCCN(C1CC1)C(CNC(C)C)C(C)C. The number of rotatable bonds is 8. The zero-order valence-corrected chi connectivity index (χ0v) is 11.8. The van der Waals surface area contributed by atoms with Gasteiger partial charge < -0.3 is 5.32 Å². The highest BCUT2D eigenvalue weighted by molar-refractivity contribution is 4.90. The Hall–Kier alpha value is -0.0800. The molecule has 0 amide bonds. The highest BCUT2D eigenvalue weighted by atomic mass is 15.2. The van der Waals surface area contributed by atoms with Crippen LogP contribution in [0.25, 0.3) is 0 Å². The summed E-state index contributed by atoms with van der Waals surface area (Å²) in [5.41, 5.74) is 0. The summed E-state index contributed by atoms with van der Waals surface area (Å²) in [6, 6.07) is 2.21. The zero-order chi connectivity index (χ0) is 12.1. The second-order valence-corrected chi connectivity index (χ2v) is 5.84. The minimum Gasteiger partial charge on any atom is -0.313 e. The molecule has 1 unspecified atom stereocenters. The van der Waals surface area contributed by atoms with E-state index < -0.39 is 0 Å². The summed E-state index contributed by atoms with van der Waals surface area (Å²) < 4.78 is 0. The van der Waals surface area contributed by atoms with Crippen molar-refractivity contribution in [3.8, 4) is 0 Å². The van der Waals surface area contributed by atoms with Gasteiger partial charge in [-0.25, -0.2) is 0 Å². The third-order valence-electron chi connectivity index (χ3n) is 3.43. The maximum absolute atomic E-state index is 3.61. The van der Waals surface area contributed by atoms with Crippen molar-refractivity contribution in [3.63, 3.8) is 0 Å². The number of nitrogens with one attached hydrogen (secondary N) is 1. The summed E-state index contributed by atoms with van der Waals surface area (Å²) in [6.07, 6.45) is 4.12. The van der Waals surface area contributed by atoms with Crippen molar-refractivity contribution in [2.75, 3.05) is 13.1 Å². The molecule has 0 aliphatic heterocycles. The Morgan fingerprint density at radius 1 is 1.19 bits per heavy atom. The van der Waals surface area contributed by atoms with E-state index in [1.165, 1.54) is 25.8 Å². The fourth-order valence-corrected chi connectivity index (χ4v) is 2.38. The normalized spacial score (nSPS) is 18.8. The van der Waals surface area contributed by atoms with Crippen LogP contribution in [0, 0.1) is 5.92 Å². The maximum Gasteiger partial charge on any atom is 0.0246 e. The maximum atomic E-state index is 3.61. The highest BCUT2D eigenvalue weighted by Crippen LogP contribution is 2.30. The Labute approximate surface area is 102 Å². The molecule has 0 heterocycles. The monoisotopic (exact) mass is 226 g/mol. The molecule has 1 saturated carbocycles. The molecule has 0 aromatic heterocycles. The minimum atomic E-state index is 0.601. The van der Waals surface area contributed by atoms with Crippen molar-refractivity contribution in [1.29, 1.82) is 0 Å². The third-order valence-corrected chi connectivity index (χ3v) is 3.43. The molecule has 16 heavy (non-hydrogen) atoms. The van der Waals surface area contributed by atoms with Gasteiger partial charge in [-0.1, -0.05) is 34.6 Å². The van der Waals surface area contributed by atoms with Crippen LogP contribution >= 0.6 is 0 Å². The fourth-order valence-electron chi connectivity index (χ4n) is 2.38. The van der Waals surface area contributed by atoms with E-state index >= 15 is 0 Å². The van der Waals surface area contributed by atoms with Gasteiger partial charge in [0.15, 0.2) is 0 Å². The van der Waals surface area contributed by atoms with E-state index in [-0.39, 0.29) is 0 Å². The minimum absolute atomic E-state index is 0.601. The van der Waals surface area contributed by atoms with Crippen molar-refractivity contribution in [2.45, 2.75) is 72.0 Å². The average Bonchev–Trinajstić information content (AvgIpc) is 2.98. The van der Waals surface area contributed by atoms with Gasteiger partial charge >= 0.3 is 0 Å². The number of hydrogen-bond donors (Lipinski definition) is 1. The summed E-state index contributed by atoms with van der Waals surface area (Å²) in [4.78, 5) is 2.75. The van der Waals surface area contributed by atoms with Gasteiger partial charge in [-0.2, -0.15) is 0 Å². The van der Waals surface area contributed by atoms with Crippen LogP contribution in [-0.4, -0.2) is 36.1 Å². The smallest absolute Gasteiger partial charge is 0.0246 e. The van der Waals surface area contributed by atoms with Gasteiger partial charge in [-0.15, -0.1) is 0 Å². The van der Waals surface area contributed by atoms with Crippen LogP contribution in [0.15, 0.2) is 0 Å². The highest BCUT2D eigenvalue weighted by Gasteiger charge is 2.34. The molecule has 0 bridgehead atoms. The first kappa shape index (κ1) is 14.0. The van der Waals surface area contributed by atoms with Crippen molar-refractivity contribution < 1.29 is 0 Å². The van der Waals surface area contributed by atoms with Crippen molar-refractivity contribution in [1.82, 2.24) is 10.2 Å². The lowest BCUT2D eigenvalue weighted by Gasteiger charge is -2.35. The fraction of sp³-hybridized carbons (Fsp3) is 1.00. The predicted molar refractivity (Wildman–Crippen MR) is 71.8 cm³/mol. The van der Waals surface area contributed by atoms with Gasteiger partial charge in [-0.3, -0.25) is 4.90 Å². The van der Waals surface area contributed by atoms with Crippen molar-refractivity contribution in [2.24, 2.45) is 5.92 Å². The van der Waals surface area contributed by atoms with Crippen LogP contribution in [-0.2, 0) is 0 Å². The summed E-state index contributed by atoms with van der Waals surface area (Å²) in [6.45, 7) is 13.9. The van der Waals surface area contributed by atoms with Gasteiger partial charge in [-0.05, 0) is 31.7 Å². The molecule has 2 heteroatoms. The molecule has 96 valence electrons. The van der Waals surface area contributed by atoms with Crippen LogP contribution in [0.4, 0.5) is 0 Å². The summed E-state index contributed by atoms with van der Waals surface area (Å²) in [5, 5.41) is 3.61. The molecule has 0 radical (unpaired) electrons. The molecular weight excluding hydrogens is 196 g/mol. The molecule has 1 aliphatic carbocycles. The average molecular weight is 226 g/mol. The molecular formula is C14H30N2. The topological polar surface area (TPSA) is 15.3 Å². The van der Waals surface area contributed by atoms with E-state index in [1.807, 2.05) is 0 Å². The van der Waals surface area contributed by atoms with Gasteiger partial charge in [0.05, 0.1) is 0 Å². The molecule has 0 spiro atoms. The first-order valence-corrected chi connectivity index (χ1v) is 7.05. The molecule has 1 atom stereocenters. The zero-order valence-electron chi connectivity index (χ0n) is 11.8. The molecule has 1 N–H and O–H groups in total. The standard InChI is InChI=1S/C14H30N2/c1-6-9-16(13-7-8-13)14(11(2)3)10-15-12(4)5/h11-15H,6-10H2,1-5H3. The van der Waals surface area contributed by atoms with E-state index in [1.54, 1.807) is 0 Å². The molecule has 0 aromatic carbocycles. The molecule has 0 saturated heterocycles. The Bertz CT molecular complexity index is 185. The van der Waals surface area contributed by atoms with Crippen molar-refractivity contribution >= 4 is 0 Å². The molecule has 2 nitrogen and oxygen atoms in total. The molecule has 1 aliphatic rings. The van der Waals surface area contributed by atoms with E-state index in [9.17, 15) is 0 Å². The predicted octanol–water partition coefficient (Wildman–Crippen LogP) is 2.88. The van der Waals surface area contributed by atoms with E-state index in [2.05, 4.69) is 44.8 Å². The lowest BCUT2D eigenvalue weighted by molar-refractivity contribution is 0.140. The third kappa shape index (κ3) is 4.42. The Morgan fingerprint density at radius 3 is 2.19 bits per heavy atom. The van der Waals surface area contributed by atoms with Crippen LogP contribution in [0.1, 0.15) is 53.9 Å². The van der Waals surface area contributed by atoms with E-state index in [4.69, 9.17) is 0 Å². The van der Waals surface area contributed by atoms with E-state index in [0.29, 0.717) is 6.04 Å². The molecule has 1 fully saturated rings. The summed E-state index contributed by atoms with van der Waals surface area (Å²) in [5.74, 6) is 0.749. The van der Waals surface area contributed by atoms with Crippen LogP contribution in [0.3, 0.4) is 0 Å². The van der Waals surface area contributed by atoms with Crippen LogP contribution < -0.4 is 5.32 Å². The van der Waals surface area contributed by atoms with Gasteiger partial charge in [0, 0.05) is 24.7 Å². The lowest BCUT2D eigenvalue weighted by atomic mass is 10.0. The summed E-state index contributed by atoms with van der Waals surface area (Å²) >= 11 is 0. The first-order valence-electron chi connectivity index (χ1n) is 7.05. The molecule has 0 aromatic rings. The van der Waals surface area contributed by atoms with Gasteiger partial charge in [0.2, 0.25) is 0 Å². The van der Waals surface area contributed by atoms with Gasteiger partial charge in [0.25, 0.3) is 0 Å². The summed E-state index contributed by atoms with van der Waals surface area (Å²) in [7, 11) is 0. The van der Waals surface area contributed by atoms with Gasteiger partial charge in [0.1, 0.15) is 0 Å². The molecule has 1 rings (SSSR count). The second kappa shape index (κ2) is 6.61. The number of hydrogen-bond acceptors (Lipinski definition) is 2. The van der Waals surface area contributed by atoms with Crippen LogP contribution in [0.2, 0.25) is 0 Å². The largest absolute Gasteiger partial charge is 0.313 e. The van der Waals surface area contributed by atoms with Crippen molar-refractivity contribution in [3.05, 3.63) is 0 Å². The lowest BCUT2D eigenvalue weighted by Crippen LogP contribution is -2.48. The first-order chi connectivity index (χ1) is 7.56. The number of nitrogens with zero attached hydrogens (tertiary/aromatic N) is 1. The van der Waals surface area contributed by atoms with Crippen LogP contribution in [0.5, 0.6) is 0 Å². The Morgan fingerprint density at radius 2 is 1.81 bits per heavy atom. The Kier molecular flexibility index (Phi) is 5.77. The quantitative estimate of drug-likeness (QED) is 0.684. The Balaban J connectivity index is 2.50. The second-order valence-electron chi connectivity index (χ2n) is 5.84. The van der Waals surface area contributed by atoms with E-state index in [0.717, 1.165) is 24.5 Å².